The standard InChI is InChI=1S/C20H29N3O3S/c1-22(2)19-11-10-17(27(25,26)23-12-6-3-7-13-23)15-18(19)21-20(24)14-16-8-4-5-9-16/h4,8,10-11,15-16H,3,5-7,9,12-14H2,1-2H3,(H,21,24). The van der Waals surface area contributed by atoms with Gasteiger partial charge in [0.05, 0.1) is 16.3 Å². The minimum absolute atomic E-state index is 0.0813. The summed E-state index contributed by atoms with van der Waals surface area (Å²) in [7, 11) is 0.224. The Kier molecular flexibility index (Phi) is 6.22. The van der Waals surface area contributed by atoms with E-state index in [4.69, 9.17) is 0 Å². The molecule has 0 aromatic heterocycles. The molecule has 0 radical (unpaired) electrons. The molecular formula is C20H29N3O3S. The second kappa shape index (κ2) is 8.44. The fraction of sp³-hybridized carbons (Fsp3) is 0.550. The van der Waals surface area contributed by atoms with Crippen LogP contribution in [0.3, 0.4) is 0 Å². The van der Waals surface area contributed by atoms with Crippen molar-refractivity contribution < 1.29 is 13.2 Å². The van der Waals surface area contributed by atoms with E-state index in [2.05, 4.69) is 17.5 Å². The van der Waals surface area contributed by atoms with E-state index >= 15 is 0 Å². The summed E-state index contributed by atoms with van der Waals surface area (Å²) >= 11 is 0. The first-order valence-corrected chi connectivity index (χ1v) is 11.1. The van der Waals surface area contributed by atoms with Crippen LogP contribution in [-0.2, 0) is 14.8 Å². The van der Waals surface area contributed by atoms with E-state index in [-0.39, 0.29) is 16.7 Å². The number of rotatable bonds is 6. The summed E-state index contributed by atoms with van der Waals surface area (Å²) in [4.78, 5) is 14.6. The Balaban J connectivity index is 1.83. The van der Waals surface area contributed by atoms with E-state index in [1.54, 1.807) is 22.5 Å². The number of nitrogens with one attached hydrogen (secondary N) is 1. The van der Waals surface area contributed by atoms with Crippen molar-refractivity contribution >= 4 is 27.3 Å². The van der Waals surface area contributed by atoms with Crippen LogP contribution < -0.4 is 10.2 Å². The molecule has 7 heteroatoms. The Morgan fingerprint density at radius 1 is 1.22 bits per heavy atom. The summed E-state index contributed by atoms with van der Waals surface area (Å²) < 4.78 is 27.5. The number of nitrogens with zero attached hydrogens (tertiary/aromatic N) is 2. The predicted molar refractivity (Wildman–Crippen MR) is 108 cm³/mol. The smallest absolute Gasteiger partial charge is 0.243 e. The summed E-state index contributed by atoms with van der Waals surface area (Å²) in [5.41, 5.74) is 1.34. The van der Waals surface area contributed by atoms with E-state index in [0.717, 1.165) is 37.8 Å². The Morgan fingerprint density at radius 3 is 2.59 bits per heavy atom. The van der Waals surface area contributed by atoms with Gasteiger partial charge in [-0.1, -0.05) is 18.6 Å². The van der Waals surface area contributed by atoms with Crippen LogP contribution in [0.5, 0.6) is 0 Å². The van der Waals surface area contributed by atoms with Gasteiger partial charge in [-0.2, -0.15) is 4.31 Å². The van der Waals surface area contributed by atoms with Crippen molar-refractivity contribution in [3.05, 3.63) is 30.4 Å². The monoisotopic (exact) mass is 391 g/mol. The Labute approximate surface area is 162 Å². The van der Waals surface area contributed by atoms with Gasteiger partial charge in [-0.05, 0) is 49.8 Å². The fourth-order valence-corrected chi connectivity index (χ4v) is 5.27. The molecule has 1 aromatic carbocycles. The molecule has 6 nitrogen and oxygen atoms in total. The summed E-state index contributed by atoms with van der Waals surface area (Å²) in [6.07, 6.45) is 9.50. The van der Waals surface area contributed by atoms with Crippen LogP contribution in [-0.4, -0.2) is 45.8 Å². The maximum Gasteiger partial charge on any atom is 0.243 e. The molecule has 1 aromatic rings. The molecule has 1 N–H and O–H groups in total. The predicted octanol–water partition coefficient (Wildman–Crippen LogP) is 3.22. The van der Waals surface area contributed by atoms with Gasteiger partial charge in [-0.25, -0.2) is 8.42 Å². The first-order chi connectivity index (χ1) is 12.9. The van der Waals surface area contributed by atoms with Gasteiger partial charge in [0, 0.05) is 33.6 Å². The third-order valence-corrected chi connectivity index (χ3v) is 7.13. The average molecular weight is 392 g/mol. The molecule has 1 saturated heterocycles. The number of piperidine rings is 1. The van der Waals surface area contributed by atoms with Crippen molar-refractivity contribution in [3.63, 3.8) is 0 Å². The topological polar surface area (TPSA) is 69.7 Å². The van der Waals surface area contributed by atoms with Gasteiger partial charge >= 0.3 is 0 Å². The van der Waals surface area contributed by atoms with Gasteiger partial charge in [0.15, 0.2) is 0 Å². The molecule has 0 bridgehead atoms. The van der Waals surface area contributed by atoms with Crippen LogP contribution in [0.2, 0.25) is 0 Å². The highest BCUT2D eigenvalue weighted by molar-refractivity contribution is 7.89. The largest absolute Gasteiger partial charge is 0.376 e. The zero-order valence-corrected chi connectivity index (χ0v) is 17.0. The number of allylic oxidation sites excluding steroid dienone is 2. The maximum atomic E-state index is 13.0. The third-order valence-electron chi connectivity index (χ3n) is 5.24. The molecule has 1 aliphatic carbocycles. The normalized spacial score (nSPS) is 20.6. The van der Waals surface area contributed by atoms with Crippen LogP contribution in [0.15, 0.2) is 35.2 Å². The molecule has 1 atom stereocenters. The molecule has 27 heavy (non-hydrogen) atoms. The number of hydrogen-bond donors (Lipinski definition) is 1. The van der Waals surface area contributed by atoms with Crippen LogP contribution in [0.1, 0.15) is 38.5 Å². The molecule has 1 aliphatic heterocycles. The van der Waals surface area contributed by atoms with Gasteiger partial charge in [0.2, 0.25) is 15.9 Å². The van der Waals surface area contributed by atoms with Crippen molar-refractivity contribution in [2.24, 2.45) is 5.92 Å². The second-order valence-electron chi connectivity index (χ2n) is 7.56. The number of hydrogen-bond acceptors (Lipinski definition) is 4. The molecule has 0 saturated carbocycles. The van der Waals surface area contributed by atoms with Gasteiger partial charge in [-0.15, -0.1) is 0 Å². The SMILES string of the molecule is CN(C)c1ccc(S(=O)(=O)N2CCCCC2)cc1NC(=O)CC1C=CCC1. The zero-order valence-electron chi connectivity index (χ0n) is 16.1. The van der Waals surface area contributed by atoms with E-state index in [9.17, 15) is 13.2 Å². The first kappa shape index (κ1) is 19.9. The van der Waals surface area contributed by atoms with Crippen LogP contribution in [0, 0.1) is 5.92 Å². The molecular weight excluding hydrogens is 362 g/mol. The molecule has 2 aliphatic rings. The number of carbonyl (C=O) groups is 1. The van der Waals surface area contributed by atoms with Crippen LogP contribution in [0.4, 0.5) is 11.4 Å². The van der Waals surface area contributed by atoms with Gasteiger partial charge in [0.25, 0.3) is 0 Å². The Bertz CT molecular complexity index is 812. The quantitative estimate of drug-likeness (QED) is 0.756. The summed E-state index contributed by atoms with van der Waals surface area (Å²) in [6.45, 7) is 1.13. The second-order valence-corrected chi connectivity index (χ2v) is 9.49. The highest BCUT2D eigenvalue weighted by Crippen LogP contribution is 2.31. The molecule has 1 unspecified atom stereocenters. The lowest BCUT2D eigenvalue weighted by atomic mass is 10.0. The van der Waals surface area contributed by atoms with Crippen molar-refractivity contribution in [2.45, 2.75) is 43.4 Å². The van der Waals surface area contributed by atoms with E-state index < -0.39 is 10.0 Å². The number of anilines is 2. The summed E-state index contributed by atoms with van der Waals surface area (Å²) in [6, 6.07) is 5.00. The number of carbonyl (C=O) groups excluding carboxylic acids is 1. The van der Waals surface area contributed by atoms with Gasteiger partial charge < -0.3 is 10.2 Å². The lowest BCUT2D eigenvalue weighted by Gasteiger charge is -2.26. The molecule has 1 heterocycles. The summed E-state index contributed by atoms with van der Waals surface area (Å²) in [5.74, 6) is 0.190. The van der Waals surface area contributed by atoms with Gasteiger partial charge in [0.1, 0.15) is 0 Å². The number of sulfonamides is 1. The minimum Gasteiger partial charge on any atom is -0.376 e. The van der Waals surface area contributed by atoms with E-state index in [0.29, 0.717) is 25.2 Å². The first-order valence-electron chi connectivity index (χ1n) is 9.66. The highest BCUT2D eigenvalue weighted by Gasteiger charge is 2.27. The van der Waals surface area contributed by atoms with Crippen molar-refractivity contribution in [1.29, 1.82) is 0 Å². The molecule has 148 valence electrons. The molecule has 3 rings (SSSR count). The average Bonchev–Trinajstić information content (AvgIpc) is 3.15. The van der Waals surface area contributed by atoms with E-state index in [1.165, 1.54) is 0 Å². The van der Waals surface area contributed by atoms with E-state index in [1.807, 2.05) is 19.0 Å². The lowest BCUT2D eigenvalue weighted by molar-refractivity contribution is -0.116. The van der Waals surface area contributed by atoms with Gasteiger partial charge in [-0.3, -0.25) is 4.79 Å². The van der Waals surface area contributed by atoms with Crippen molar-refractivity contribution in [2.75, 3.05) is 37.4 Å². The molecule has 1 fully saturated rings. The Hall–Kier alpha value is -1.86. The van der Waals surface area contributed by atoms with Crippen molar-refractivity contribution in [3.8, 4) is 0 Å². The van der Waals surface area contributed by atoms with Crippen molar-refractivity contribution in [1.82, 2.24) is 4.31 Å². The Morgan fingerprint density at radius 2 is 1.96 bits per heavy atom. The minimum atomic E-state index is -3.53. The third kappa shape index (κ3) is 4.71. The van der Waals surface area contributed by atoms with Crippen LogP contribution in [0.25, 0.3) is 0 Å². The highest BCUT2D eigenvalue weighted by atomic mass is 32.2. The maximum absolute atomic E-state index is 13.0. The summed E-state index contributed by atoms with van der Waals surface area (Å²) in [5, 5.41) is 2.94. The molecule has 1 amide bonds. The molecule has 0 spiro atoms. The van der Waals surface area contributed by atoms with Crippen LogP contribution >= 0.6 is 0 Å². The number of benzene rings is 1. The number of amides is 1. The lowest BCUT2D eigenvalue weighted by Crippen LogP contribution is -2.35. The fourth-order valence-electron chi connectivity index (χ4n) is 3.72. The zero-order chi connectivity index (χ0) is 19.4.